The first kappa shape index (κ1) is 13.0. The average molecular weight is 254 g/mol. The number of nitrogens with one attached hydrogen (secondary N) is 1. The molecule has 1 aromatic heterocycles. The molecule has 1 fully saturated rings. The fourth-order valence-electron chi connectivity index (χ4n) is 2.15. The second-order valence-electron chi connectivity index (χ2n) is 4.83. The fraction of sp³-hybridized carbons (Fsp3) is 0.750. The molecule has 0 saturated carbocycles. The molecule has 0 bridgehead atoms. The number of piperazine rings is 1. The summed E-state index contributed by atoms with van der Waals surface area (Å²) >= 11 is 1.75. The van der Waals surface area contributed by atoms with Crippen molar-refractivity contribution in [3.8, 4) is 0 Å². The van der Waals surface area contributed by atoms with Crippen LogP contribution >= 0.6 is 11.3 Å². The summed E-state index contributed by atoms with van der Waals surface area (Å²) in [4.78, 5) is 9.56. The normalized spacial score (nSPS) is 23.1. The molecule has 0 radical (unpaired) electrons. The zero-order valence-corrected chi connectivity index (χ0v) is 11.8. The third kappa shape index (κ3) is 3.48. The highest BCUT2D eigenvalue weighted by molar-refractivity contribution is 7.09. The lowest BCUT2D eigenvalue weighted by Gasteiger charge is -2.37. The molecule has 96 valence electrons. The van der Waals surface area contributed by atoms with Crippen molar-refractivity contribution in [2.24, 2.45) is 0 Å². The van der Waals surface area contributed by atoms with Gasteiger partial charge in [0.1, 0.15) is 5.01 Å². The van der Waals surface area contributed by atoms with Gasteiger partial charge in [-0.15, -0.1) is 11.3 Å². The number of hydrogen-bond acceptors (Lipinski definition) is 5. The van der Waals surface area contributed by atoms with Crippen molar-refractivity contribution in [3.05, 3.63) is 16.1 Å². The summed E-state index contributed by atoms with van der Waals surface area (Å²) < 4.78 is 0. The number of rotatable bonds is 4. The fourth-order valence-corrected chi connectivity index (χ4v) is 2.95. The van der Waals surface area contributed by atoms with Gasteiger partial charge in [-0.25, -0.2) is 4.98 Å². The summed E-state index contributed by atoms with van der Waals surface area (Å²) in [6.07, 6.45) is 0. The number of likely N-dealkylation sites (N-methyl/N-ethyl adjacent to an activating group) is 1. The van der Waals surface area contributed by atoms with E-state index < -0.39 is 0 Å². The van der Waals surface area contributed by atoms with Crippen molar-refractivity contribution in [1.82, 2.24) is 20.1 Å². The van der Waals surface area contributed by atoms with Gasteiger partial charge in [-0.05, 0) is 21.0 Å². The second-order valence-corrected chi connectivity index (χ2v) is 5.77. The lowest BCUT2D eigenvalue weighted by molar-refractivity contribution is 0.0992. The van der Waals surface area contributed by atoms with E-state index >= 15 is 0 Å². The van der Waals surface area contributed by atoms with Gasteiger partial charge in [0.25, 0.3) is 0 Å². The molecule has 1 atom stereocenters. The molecule has 1 unspecified atom stereocenters. The predicted octanol–water partition coefficient (Wildman–Crippen LogP) is 0.998. The molecule has 1 aromatic rings. The minimum absolute atomic E-state index is 0.652. The highest BCUT2D eigenvalue weighted by Gasteiger charge is 2.20. The summed E-state index contributed by atoms with van der Waals surface area (Å²) in [6, 6.07) is 0.652. The lowest BCUT2D eigenvalue weighted by atomic mass is 10.2. The van der Waals surface area contributed by atoms with Crippen LogP contribution in [0.5, 0.6) is 0 Å². The van der Waals surface area contributed by atoms with E-state index in [1.165, 1.54) is 10.7 Å². The second kappa shape index (κ2) is 5.91. The maximum Gasteiger partial charge on any atom is 0.107 e. The zero-order chi connectivity index (χ0) is 12.3. The highest BCUT2D eigenvalue weighted by atomic mass is 32.1. The predicted molar refractivity (Wildman–Crippen MR) is 72.2 cm³/mol. The van der Waals surface area contributed by atoms with Crippen molar-refractivity contribution in [2.75, 3.05) is 33.7 Å². The van der Waals surface area contributed by atoms with Gasteiger partial charge in [0, 0.05) is 44.1 Å². The van der Waals surface area contributed by atoms with Gasteiger partial charge < -0.3 is 10.2 Å². The Kier molecular flexibility index (Phi) is 4.50. The van der Waals surface area contributed by atoms with Crippen LogP contribution in [-0.4, -0.2) is 54.6 Å². The Morgan fingerprint density at radius 1 is 1.53 bits per heavy atom. The van der Waals surface area contributed by atoms with Crippen molar-refractivity contribution in [3.63, 3.8) is 0 Å². The molecule has 17 heavy (non-hydrogen) atoms. The maximum absolute atomic E-state index is 4.64. The highest BCUT2D eigenvalue weighted by Crippen LogP contribution is 2.14. The van der Waals surface area contributed by atoms with E-state index in [1.807, 2.05) is 7.05 Å². The average Bonchev–Trinajstić information content (AvgIpc) is 2.72. The Balaban J connectivity index is 1.87. The number of aromatic nitrogens is 1. The van der Waals surface area contributed by atoms with E-state index in [1.54, 1.807) is 11.3 Å². The molecular formula is C12H22N4S. The van der Waals surface area contributed by atoms with Crippen LogP contribution < -0.4 is 5.32 Å². The number of thiazole rings is 1. The summed E-state index contributed by atoms with van der Waals surface area (Å²) in [5.74, 6) is 0. The van der Waals surface area contributed by atoms with Gasteiger partial charge in [-0.3, -0.25) is 4.90 Å². The lowest BCUT2D eigenvalue weighted by Crippen LogP contribution is -2.49. The van der Waals surface area contributed by atoms with Crippen LogP contribution in [0.25, 0.3) is 0 Å². The van der Waals surface area contributed by atoms with Crippen molar-refractivity contribution >= 4 is 11.3 Å². The maximum atomic E-state index is 4.64. The summed E-state index contributed by atoms with van der Waals surface area (Å²) in [5, 5.41) is 6.52. The SMILES string of the molecule is CNCc1nc(CN2CCN(C)C(C)C2)cs1. The molecular weight excluding hydrogens is 232 g/mol. The van der Waals surface area contributed by atoms with E-state index in [9.17, 15) is 0 Å². The molecule has 1 saturated heterocycles. The summed E-state index contributed by atoms with van der Waals surface area (Å²) in [6.45, 7) is 7.63. The van der Waals surface area contributed by atoms with Gasteiger partial charge >= 0.3 is 0 Å². The number of hydrogen-bond donors (Lipinski definition) is 1. The van der Waals surface area contributed by atoms with E-state index in [-0.39, 0.29) is 0 Å². The van der Waals surface area contributed by atoms with Crippen LogP contribution in [0.1, 0.15) is 17.6 Å². The smallest absolute Gasteiger partial charge is 0.107 e. The zero-order valence-electron chi connectivity index (χ0n) is 10.9. The molecule has 0 aliphatic carbocycles. The summed E-state index contributed by atoms with van der Waals surface area (Å²) in [5.41, 5.74) is 1.22. The van der Waals surface area contributed by atoms with Gasteiger partial charge in [0.2, 0.25) is 0 Å². The topological polar surface area (TPSA) is 31.4 Å². The van der Waals surface area contributed by atoms with Gasteiger partial charge in [-0.1, -0.05) is 0 Å². The first-order chi connectivity index (χ1) is 8.19. The Hall–Kier alpha value is -0.490. The molecule has 5 heteroatoms. The quantitative estimate of drug-likeness (QED) is 0.868. The Bertz CT molecular complexity index is 352. The minimum atomic E-state index is 0.652. The largest absolute Gasteiger partial charge is 0.314 e. The molecule has 2 heterocycles. The first-order valence-corrected chi connectivity index (χ1v) is 7.07. The van der Waals surface area contributed by atoms with Crippen LogP contribution in [-0.2, 0) is 13.1 Å². The standard InChI is InChI=1S/C12H22N4S/c1-10-7-16(5-4-15(10)3)8-11-9-17-12(14-11)6-13-2/h9-10,13H,4-8H2,1-3H3. The van der Waals surface area contributed by atoms with E-state index in [4.69, 9.17) is 0 Å². The molecule has 1 aliphatic heterocycles. The van der Waals surface area contributed by atoms with Crippen LogP contribution in [0.15, 0.2) is 5.38 Å². The number of nitrogens with zero attached hydrogens (tertiary/aromatic N) is 3. The van der Waals surface area contributed by atoms with Gasteiger partial charge in [-0.2, -0.15) is 0 Å². The van der Waals surface area contributed by atoms with E-state index in [0.717, 1.165) is 32.7 Å². The third-order valence-corrected chi connectivity index (χ3v) is 4.25. The van der Waals surface area contributed by atoms with Gasteiger partial charge in [0.15, 0.2) is 0 Å². The van der Waals surface area contributed by atoms with Crippen molar-refractivity contribution in [1.29, 1.82) is 0 Å². The molecule has 1 N–H and O–H groups in total. The monoisotopic (exact) mass is 254 g/mol. The molecule has 1 aliphatic rings. The Labute approximate surface area is 108 Å². The molecule has 2 rings (SSSR count). The van der Waals surface area contributed by atoms with Crippen molar-refractivity contribution < 1.29 is 0 Å². The first-order valence-electron chi connectivity index (χ1n) is 6.19. The molecule has 0 amide bonds. The Morgan fingerprint density at radius 3 is 3.06 bits per heavy atom. The summed E-state index contributed by atoms with van der Waals surface area (Å²) in [7, 11) is 4.17. The van der Waals surface area contributed by atoms with E-state index in [2.05, 4.69) is 39.5 Å². The molecule has 4 nitrogen and oxygen atoms in total. The van der Waals surface area contributed by atoms with E-state index in [0.29, 0.717) is 6.04 Å². The van der Waals surface area contributed by atoms with Crippen LogP contribution in [0.4, 0.5) is 0 Å². The minimum Gasteiger partial charge on any atom is -0.314 e. The third-order valence-electron chi connectivity index (χ3n) is 3.36. The molecule has 0 spiro atoms. The van der Waals surface area contributed by atoms with Crippen LogP contribution in [0.2, 0.25) is 0 Å². The molecule has 0 aromatic carbocycles. The van der Waals surface area contributed by atoms with Crippen LogP contribution in [0, 0.1) is 0 Å². The van der Waals surface area contributed by atoms with Gasteiger partial charge in [0.05, 0.1) is 5.69 Å². The Morgan fingerprint density at radius 2 is 2.35 bits per heavy atom. The van der Waals surface area contributed by atoms with Crippen LogP contribution in [0.3, 0.4) is 0 Å². The van der Waals surface area contributed by atoms with Crippen molar-refractivity contribution in [2.45, 2.75) is 26.1 Å².